The summed E-state index contributed by atoms with van der Waals surface area (Å²) in [5.74, 6) is -3.71. The van der Waals surface area contributed by atoms with Gasteiger partial charge in [0.2, 0.25) is 5.54 Å². The molecule has 0 amide bonds. The lowest BCUT2D eigenvalue weighted by Gasteiger charge is -2.32. The van der Waals surface area contributed by atoms with Gasteiger partial charge >= 0.3 is 17.9 Å². The van der Waals surface area contributed by atoms with Crippen molar-refractivity contribution in [3.63, 3.8) is 0 Å². The van der Waals surface area contributed by atoms with Crippen LogP contribution < -0.4 is 11.5 Å². The summed E-state index contributed by atoms with van der Waals surface area (Å²) < 4.78 is 15.9. The maximum absolute atomic E-state index is 12.9. The van der Waals surface area contributed by atoms with Gasteiger partial charge in [-0.3, -0.25) is 4.79 Å². The van der Waals surface area contributed by atoms with Crippen LogP contribution in [0.25, 0.3) is 0 Å². The molecule has 0 aromatic rings. The molecule has 4 N–H and O–H groups in total. The fraction of sp³-hybridized carbons (Fsp3) is 0.864. The molecule has 0 aromatic carbocycles. The van der Waals surface area contributed by atoms with E-state index in [1.807, 2.05) is 20.8 Å². The second-order valence-electron chi connectivity index (χ2n) is 7.56. The lowest BCUT2D eigenvalue weighted by Crippen LogP contribution is -2.64. The number of nitrogens with two attached hydrogens (primary N) is 2. The Morgan fingerprint density at radius 3 is 1.63 bits per heavy atom. The van der Waals surface area contributed by atoms with E-state index in [1.54, 1.807) is 0 Å². The number of hydrogen-bond acceptors (Lipinski definition) is 8. The van der Waals surface area contributed by atoms with E-state index >= 15 is 0 Å². The molecule has 8 nitrogen and oxygen atoms in total. The predicted molar refractivity (Wildman–Crippen MR) is 116 cm³/mol. The Bertz CT molecular complexity index is 476. The fourth-order valence-corrected chi connectivity index (χ4v) is 2.84. The lowest BCUT2D eigenvalue weighted by molar-refractivity contribution is -0.175. The maximum atomic E-state index is 12.9. The van der Waals surface area contributed by atoms with Crippen molar-refractivity contribution >= 4 is 17.9 Å². The van der Waals surface area contributed by atoms with Gasteiger partial charge in [-0.05, 0) is 38.6 Å². The Hall–Kier alpha value is -1.67. The zero-order valence-electron chi connectivity index (χ0n) is 19.1. The molecule has 0 spiro atoms. The average molecular weight is 431 g/mol. The van der Waals surface area contributed by atoms with E-state index in [-0.39, 0.29) is 26.2 Å². The van der Waals surface area contributed by atoms with Crippen LogP contribution in [0.4, 0.5) is 0 Å². The third kappa shape index (κ3) is 9.89. The number of ether oxygens (including phenoxy) is 3. The van der Waals surface area contributed by atoms with E-state index in [2.05, 4.69) is 0 Å². The quantitative estimate of drug-likeness (QED) is 0.147. The summed E-state index contributed by atoms with van der Waals surface area (Å²) in [5.41, 5.74) is 9.65. The number of unbranched alkanes of at least 4 members (excludes halogenated alkanes) is 5. The molecule has 0 saturated heterocycles. The molecular formula is C22H42N2O6. The molecule has 30 heavy (non-hydrogen) atoms. The van der Waals surface area contributed by atoms with Crippen LogP contribution in [0.5, 0.6) is 0 Å². The Labute approximate surface area is 181 Å². The summed E-state index contributed by atoms with van der Waals surface area (Å²) in [5, 5.41) is 0. The van der Waals surface area contributed by atoms with Crippen molar-refractivity contribution in [1.29, 1.82) is 0 Å². The first kappa shape index (κ1) is 28.3. The fourth-order valence-electron chi connectivity index (χ4n) is 2.84. The molecule has 0 aliphatic rings. The van der Waals surface area contributed by atoms with Gasteiger partial charge in [-0.2, -0.15) is 0 Å². The monoisotopic (exact) mass is 430 g/mol. The van der Waals surface area contributed by atoms with E-state index in [4.69, 9.17) is 25.7 Å². The van der Waals surface area contributed by atoms with Crippen molar-refractivity contribution < 1.29 is 28.6 Å². The molecule has 0 rings (SSSR count). The Morgan fingerprint density at radius 2 is 1.20 bits per heavy atom. The molecule has 0 fully saturated rings. The van der Waals surface area contributed by atoms with Crippen molar-refractivity contribution in [2.24, 2.45) is 17.4 Å². The van der Waals surface area contributed by atoms with Gasteiger partial charge in [-0.1, -0.05) is 52.9 Å². The van der Waals surface area contributed by atoms with E-state index in [1.165, 1.54) is 0 Å². The molecule has 1 unspecified atom stereocenters. The Balaban J connectivity index is 5.65. The van der Waals surface area contributed by atoms with Gasteiger partial charge in [-0.25, -0.2) is 9.59 Å². The van der Waals surface area contributed by atoms with Gasteiger partial charge in [-0.15, -0.1) is 0 Å². The van der Waals surface area contributed by atoms with Crippen LogP contribution in [0, 0.1) is 5.92 Å². The van der Waals surface area contributed by atoms with Crippen LogP contribution in [0.2, 0.25) is 0 Å². The minimum atomic E-state index is -2.23. The zero-order valence-corrected chi connectivity index (χ0v) is 19.1. The summed E-state index contributed by atoms with van der Waals surface area (Å²) in [6.07, 6.45) is 6.75. The minimum Gasteiger partial charge on any atom is -0.465 e. The second-order valence-corrected chi connectivity index (χ2v) is 7.56. The summed E-state index contributed by atoms with van der Waals surface area (Å²) in [4.78, 5) is 38.7. The van der Waals surface area contributed by atoms with Gasteiger partial charge in [0.05, 0.1) is 25.7 Å². The predicted octanol–water partition coefficient (Wildman–Crippen LogP) is 2.85. The highest BCUT2D eigenvalue weighted by Gasteiger charge is 2.55. The highest BCUT2D eigenvalue weighted by atomic mass is 16.6. The summed E-state index contributed by atoms with van der Waals surface area (Å²) in [7, 11) is 0. The van der Waals surface area contributed by atoms with E-state index < -0.39 is 29.4 Å². The first-order valence-corrected chi connectivity index (χ1v) is 11.4. The molecule has 0 heterocycles. The molecule has 0 aromatic heterocycles. The first-order valence-electron chi connectivity index (χ1n) is 11.4. The standard InChI is InChI=1S/C22H42N2O6/c1-4-7-15-28-19(25)18(13-11-10-12-14-23)22(24,20(26)29-16-8-5-2)21(27)30-17-9-6-3/h18H,4-17,23-24H2,1-3H3. The Morgan fingerprint density at radius 1 is 0.733 bits per heavy atom. The molecule has 176 valence electrons. The van der Waals surface area contributed by atoms with Gasteiger partial charge in [0.25, 0.3) is 0 Å². The third-order valence-electron chi connectivity index (χ3n) is 4.91. The number of carbonyl (C=O) groups excluding carboxylic acids is 3. The molecule has 0 bridgehead atoms. The van der Waals surface area contributed by atoms with Crippen LogP contribution in [0.3, 0.4) is 0 Å². The molecule has 0 saturated carbocycles. The third-order valence-corrected chi connectivity index (χ3v) is 4.91. The molecular weight excluding hydrogens is 388 g/mol. The summed E-state index contributed by atoms with van der Waals surface area (Å²) in [6, 6.07) is 0. The topological polar surface area (TPSA) is 131 Å². The van der Waals surface area contributed by atoms with Gasteiger partial charge in [0.1, 0.15) is 0 Å². The van der Waals surface area contributed by atoms with Gasteiger partial charge in [0.15, 0.2) is 0 Å². The highest BCUT2D eigenvalue weighted by Crippen LogP contribution is 2.27. The molecule has 0 aliphatic carbocycles. The van der Waals surface area contributed by atoms with Crippen LogP contribution >= 0.6 is 0 Å². The number of esters is 3. The maximum Gasteiger partial charge on any atom is 0.338 e. The normalized spacial score (nSPS) is 12.3. The van der Waals surface area contributed by atoms with Crippen molar-refractivity contribution in [3.8, 4) is 0 Å². The zero-order chi connectivity index (χ0) is 22.8. The number of carbonyl (C=O) groups is 3. The van der Waals surface area contributed by atoms with Crippen LogP contribution in [0.15, 0.2) is 0 Å². The Kier molecular flexibility index (Phi) is 16.1. The SMILES string of the molecule is CCCCOC(=O)C(CCCCCN)C(N)(C(=O)OCCCC)C(=O)OCCCC. The lowest BCUT2D eigenvalue weighted by atomic mass is 9.80. The number of rotatable bonds is 18. The smallest absolute Gasteiger partial charge is 0.338 e. The first-order chi connectivity index (χ1) is 14.4. The van der Waals surface area contributed by atoms with Gasteiger partial charge < -0.3 is 25.7 Å². The minimum absolute atomic E-state index is 0.126. The van der Waals surface area contributed by atoms with E-state index in [0.29, 0.717) is 32.2 Å². The van der Waals surface area contributed by atoms with Crippen molar-refractivity contribution in [1.82, 2.24) is 0 Å². The largest absolute Gasteiger partial charge is 0.465 e. The van der Waals surface area contributed by atoms with Crippen molar-refractivity contribution in [2.75, 3.05) is 26.4 Å². The summed E-state index contributed by atoms with van der Waals surface area (Å²) in [6.45, 7) is 6.86. The molecule has 8 heteroatoms. The van der Waals surface area contributed by atoms with Crippen molar-refractivity contribution in [2.45, 2.75) is 90.5 Å². The van der Waals surface area contributed by atoms with Crippen molar-refractivity contribution in [3.05, 3.63) is 0 Å². The van der Waals surface area contributed by atoms with Crippen LogP contribution in [-0.4, -0.2) is 49.8 Å². The molecule has 0 radical (unpaired) electrons. The second kappa shape index (κ2) is 17.1. The van der Waals surface area contributed by atoms with Crippen LogP contribution in [-0.2, 0) is 28.6 Å². The molecule has 1 atom stereocenters. The van der Waals surface area contributed by atoms with E-state index in [0.717, 1.165) is 32.1 Å². The average Bonchev–Trinajstić information content (AvgIpc) is 2.73. The van der Waals surface area contributed by atoms with E-state index in [9.17, 15) is 14.4 Å². The van der Waals surface area contributed by atoms with Crippen LogP contribution in [0.1, 0.15) is 85.0 Å². The highest BCUT2D eigenvalue weighted by molar-refractivity contribution is 6.08. The number of hydrogen-bond donors (Lipinski definition) is 2. The molecule has 0 aliphatic heterocycles. The summed E-state index contributed by atoms with van der Waals surface area (Å²) >= 11 is 0. The van der Waals surface area contributed by atoms with Gasteiger partial charge in [0, 0.05) is 0 Å².